The number of benzene rings is 3. The highest BCUT2D eigenvalue weighted by Gasteiger charge is 2.53. The van der Waals surface area contributed by atoms with E-state index in [-0.39, 0.29) is 30.6 Å². The van der Waals surface area contributed by atoms with E-state index in [1.165, 1.54) is 28.8 Å². The second kappa shape index (κ2) is 9.85. The molecule has 0 N–H and O–H groups in total. The third-order valence-electron chi connectivity index (χ3n) is 7.88. The van der Waals surface area contributed by atoms with E-state index in [1.54, 1.807) is 0 Å². The molecule has 0 spiro atoms. The van der Waals surface area contributed by atoms with Gasteiger partial charge in [0.05, 0.1) is 5.41 Å². The zero-order valence-corrected chi connectivity index (χ0v) is 21.7. The number of imide groups is 1. The molecular formula is C31H33N3O3. The van der Waals surface area contributed by atoms with Crippen molar-refractivity contribution in [3.8, 4) is 11.1 Å². The highest BCUT2D eigenvalue weighted by molar-refractivity contribution is 6.10. The number of carbonyl (C=O) groups is 3. The van der Waals surface area contributed by atoms with E-state index in [2.05, 4.69) is 36.9 Å². The van der Waals surface area contributed by atoms with Gasteiger partial charge in [0.15, 0.2) is 0 Å². The molecule has 2 aliphatic rings. The Morgan fingerprint density at radius 2 is 1.49 bits per heavy atom. The van der Waals surface area contributed by atoms with Crippen LogP contribution in [0.4, 0.5) is 5.69 Å². The molecule has 0 saturated carbocycles. The van der Waals surface area contributed by atoms with Crippen molar-refractivity contribution in [2.75, 3.05) is 38.1 Å². The maximum absolute atomic E-state index is 13.6. The van der Waals surface area contributed by atoms with E-state index in [9.17, 15) is 14.4 Å². The average molecular weight is 496 g/mol. The number of amides is 3. The van der Waals surface area contributed by atoms with Gasteiger partial charge >= 0.3 is 0 Å². The van der Waals surface area contributed by atoms with Crippen LogP contribution in [-0.4, -0.2) is 60.7 Å². The molecule has 0 radical (unpaired) electrons. The van der Waals surface area contributed by atoms with Gasteiger partial charge in [0, 0.05) is 51.8 Å². The summed E-state index contributed by atoms with van der Waals surface area (Å²) in [5.74, 6) is -0.624. The van der Waals surface area contributed by atoms with Gasteiger partial charge in [0.25, 0.3) is 0 Å². The van der Waals surface area contributed by atoms with Crippen LogP contribution in [0, 0.1) is 13.8 Å². The lowest BCUT2D eigenvalue weighted by molar-refractivity contribution is -0.141. The molecule has 190 valence electrons. The summed E-state index contributed by atoms with van der Waals surface area (Å²) in [6.07, 6.45) is 0.0112. The van der Waals surface area contributed by atoms with Gasteiger partial charge in [-0.2, -0.15) is 0 Å². The van der Waals surface area contributed by atoms with Crippen molar-refractivity contribution < 1.29 is 14.4 Å². The first kappa shape index (κ1) is 24.8. The van der Waals surface area contributed by atoms with Crippen molar-refractivity contribution in [1.82, 2.24) is 9.80 Å². The van der Waals surface area contributed by atoms with Crippen LogP contribution in [0.5, 0.6) is 0 Å². The average Bonchev–Trinajstić information content (AvgIpc) is 3.14. The lowest BCUT2D eigenvalue weighted by Crippen LogP contribution is -2.51. The molecule has 6 heteroatoms. The summed E-state index contributed by atoms with van der Waals surface area (Å²) in [6, 6.07) is 24.2. The van der Waals surface area contributed by atoms with Gasteiger partial charge in [-0.05, 0) is 47.7 Å². The number of anilines is 1. The van der Waals surface area contributed by atoms with Crippen molar-refractivity contribution in [2.45, 2.75) is 32.1 Å². The van der Waals surface area contributed by atoms with Crippen LogP contribution in [0.2, 0.25) is 0 Å². The van der Waals surface area contributed by atoms with Crippen LogP contribution in [0.25, 0.3) is 11.1 Å². The number of hydrogen-bond acceptors (Lipinski definition) is 4. The van der Waals surface area contributed by atoms with Crippen molar-refractivity contribution in [3.05, 3.63) is 89.5 Å². The van der Waals surface area contributed by atoms with Gasteiger partial charge in [-0.1, -0.05) is 66.7 Å². The number of hydrogen-bond donors (Lipinski definition) is 0. The fourth-order valence-corrected chi connectivity index (χ4v) is 5.59. The molecule has 0 aliphatic carbocycles. The standard InChI is InChI=1S/C31H33N3O3/c1-22-9-10-23(2)27(19-22)33-15-17-34(18-16-33)29(36)21-31(20-28(35)32(3)30(31)37)26-13-11-25(12-14-26)24-7-5-4-6-8-24/h4-14,19H,15-18,20-21H2,1-3H3/t31-/m1/s1. The van der Waals surface area contributed by atoms with Crippen molar-refractivity contribution in [3.63, 3.8) is 0 Å². The van der Waals surface area contributed by atoms with Crippen LogP contribution in [0.1, 0.15) is 29.5 Å². The monoisotopic (exact) mass is 495 g/mol. The molecule has 0 bridgehead atoms. The minimum absolute atomic E-state index is 0.00390. The van der Waals surface area contributed by atoms with Gasteiger partial charge in [-0.25, -0.2) is 0 Å². The van der Waals surface area contributed by atoms with Gasteiger partial charge < -0.3 is 9.80 Å². The topological polar surface area (TPSA) is 60.9 Å². The quantitative estimate of drug-likeness (QED) is 0.494. The minimum Gasteiger partial charge on any atom is -0.368 e. The summed E-state index contributed by atoms with van der Waals surface area (Å²) in [7, 11) is 1.51. The zero-order chi connectivity index (χ0) is 26.2. The second-order valence-corrected chi connectivity index (χ2v) is 10.3. The van der Waals surface area contributed by atoms with E-state index < -0.39 is 5.41 Å². The predicted molar refractivity (Wildman–Crippen MR) is 145 cm³/mol. The smallest absolute Gasteiger partial charge is 0.240 e. The fraction of sp³-hybridized carbons (Fsp3) is 0.323. The van der Waals surface area contributed by atoms with E-state index in [0.717, 1.165) is 29.8 Å². The summed E-state index contributed by atoms with van der Waals surface area (Å²) < 4.78 is 0. The third kappa shape index (κ3) is 4.64. The van der Waals surface area contributed by atoms with Gasteiger partial charge in [0.1, 0.15) is 0 Å². The molecule has 2 fully saturated rings. The molecular weight excluding hydrogens is 462 g/mol. The van der Waals surface area contributed by atoms with Crippen LogP contribution in [-0.2, 0) is 19.8 Å². The molecule has 5 rings (SSSR count). The molecule has 1 atom stereocenters. The summed E-state index contributed by atoms with van der Waals surface area (Å²) >= 11 is 0. The van der Waals surface area contributed by atoms with Crippen LogP contribution >= 0.6 is 0 Å². The molecule has 0 unspecified atom stereocenters. The first-order chi connectivity index (χ1) is 17.8. The first-order valence-electron chi connectivity index (χ1n) is 12.9. The molecule has 6 nitrogen and oxygen atoms in total. The Bertz CT molecular complexity index is 1330. The fourth-order valence-electron chi connectivity index (χ4n) is 5.59. The van der Waals surface area contributed by atoms with Crippen molar-refractivity contribution in [2.24, 2.45) is 0 Å². The zero-order valence-electron chi connectivity index (χ0n) is 21.7. The van der Waals surface area contributed by atoms with E-state index in [1.807, 2.05) is 59.5 Å². The third-order valence-corrected chi connectivity index (χ3v) is 7.88. The molecule has 0 aromatic heterocycles. The van der Waals surface area contributed by atoms with Gasteiger partial charge in [-0.15, -0.1) is 0 Å². The largest absolute Gasteiger partial charge is 0.368 e. The number of carbonyl (C=O) groups excluding carboxylic acids is 3. The number of likely N-dealkylation sites (N-methyl/N-ethyl adjacent to an activating group) is 1. The number of rotatable bonds is 5. The molecule has 2 heterocycles. The number of likely N-dealkylation sites (tertiary alicyclic amines) is 1. The normalized spacial score (nSPS) is 20.0. The Kier molecular flexibility index (Phi) is 6.59. The number of nitrogens with zero attached hydrogens (tertiary/aromatic N) is 3. The first-order valence-corrected chi connectivity index (χ1v) is 12.9. The Hall–Kier alpha value is -3.93. The Balaban J connectivity index is 1.35. The summed E-state index contributed by atoms with van der Waals surface area (Å²) in [5, 5.41) is 0. The lowest BCUT2D eigenvalue weighted by atomic mass is 9.75. The van der Waals surface area contributed by atoms with Gasteiger partial charge in [-0.3, -0.25) is 19.3 Å². The predicted octanol–water partition coefficient (Wildman–Crippen LogP) is 4.34. The maximum atomic E-state index is 13.6. The molecule has 3 amide bonds. The van der Waals surface area contributed by atoms with E-state index >= 15 is 0 Å². The molecule has 3 aromatic carbocycles. The lowest BCUT2D eigenvalue weighted by Gasteiger charge is -2.38. The number of piperazine rings is 1. The molecule has 3 aromatic rings. The van der Waals surface area contributed by atoms with Crippen molar-refractivity contribution in [1.29, 1.82) is 0 Å². The van der Waals surface area contributed by atoms with Gasteiger partial charge in [0.2, 0.25) is 17.7 Å². The van der Waals surface area contributed by atoms with Crippen LogP contribution < -0.4 is 4.90 Å². The minimum atomic E-state index is -1.16. The summed E-state index contributed by atoms with van der Waals surface area (Å²) in [6.45, 7) is 6.85. The second-order valence-electron chi connectivity index (χ2n) is 10.3. The molecule has 37 heavy (non-hydrogen) atoms. The SMILES string of the molecule is Cc1ccc(C)c(N2CCN(C(=O)C[C@@]3(c4ccc(-c5ccccc5)cc4)CC(=O)N(C)C3=O)CC2)c1. The Morgan fingerprint density at radius 1 is 0.838 bits per heavy atom. The highest BCUT2D eigenvalue weighted by Crippen LogP contribution is 2.40. The maximum Gasteiger partial charge on any atom is 0.240 e. The molecule has 2 aliphatic heterocycles. The van der Waals surface area contributed by atoms with E-state index in [4.69, 9.17) is 0 Å². The van der Waals surface area contributed by atoms with Crippen LogP contribution in [0.3, 0.4) is 0 Å². The summed E-state index contributed by atoms with van der Waals surface area (Å²) in [4.78, 5) is 45.0. The Labute approximate surface area is 218 Å². The molecule has 2 saturated heterocycles. The van der Waals surface area contributed by atoms with E-state index in [0.29, 0.717) is 13.1 Å². The number of aryl methyl sites for hydroxylation is 2. The van der Waals surface area contributed by atoms with Crippen molar-refractivity contribution >= 4 is 23.4 Å². The Morgan fingerprint density at radius 3 is 2.11 bits per heavy atom. The highest BCUT2D eigenvalue weighted by atomic mass is 16.2. The summed E-state index contributed by atoms with van der Waals surface area (Å²) in [5.41, 5.74) is 5.31. The van der Waals surface area contributed by atoms with Crippen LogP contribution in [0.15, 0.2) is 72.8 Å².